The number of hydrazone groups is 1. The maximum absolute atomic E-state index is 12.3. The molecule has 0 bridgehead atoms. The number of imidazole rings is 1. The van der Waals surface area contributed by atoms with Gasteiger partial charge in [0.15, 0.2) is 0 Å². The third kappa shape index (κ3) is 3.34. The number of carbonyl (C=O) groups excluding carboxylic acids is 2. The molecule has 0 fully saturated rings. The fourth-order valence-corrected chi connectivity index (χ4v) is 2.54. The molecule has 0 saturated heterocycles. The molecule has 0 radical (unpaired) electrons. The number of hydrogen-bond acceptors (Lipinski definition) is 4. The predicted octanol–water partition coefficient (Wildman–Crippen LogP) is 1.66. The zero-order valence-electron chi connectivity index (χ0n) is 13.6. The molecule has 1 N–H and O–H groups in total. The van der Waals surface area contributed by atoms with Crippen LogP contribution in [0.2, 0.25) is 0 Å². The molecule has 124 valence electrons. The fourth-order valence-electron chi connectivity index (χ4n) is 2.54. The van der Waals surface area contributed by atoms with Crippen molar-refractivity contribution in [3.63, 3.8) is 0 Å². The average molecular weight is 325 g/mol. The van der Waals surface area contributed by atoms with Crippen molar-refractivity contribution < 1.29 is 9.59 Å². The van der Waals surface area contributed by atoms with Gasteiger partial charge in [0, 0.05) is 38.0 Å². The summed E-state index contributed by atoms with van der Waals surface area (Å²) in [7, 11) is 1.56. The number of rotatable bonds is 4. The smallest absolute Gasteiger partial charge is 0.267 e. The molecule has 24 heavy (non-hydrogen) atoms. The van der Waals surface area contributed by atoms with Crippen molar-refractivity contribution in [1.82, 2.24) is 19.9 Å². The number of carbonyl (C=O) groups is 2. The highest BCUT2D eigenvalue weighted by atomic mass is 16.2. The van der Waals surface area contributed by atoms with Crippen LogP contribution in [0.4, 0.5) is 0 Å². The summed E-state index contributed by atoms with van der Waals surface area (Å²) in [5, 5.41) is 8.19. The minimum atomic E-state index is -0.236. The summed E-state index contributed by atoms with van der Waals surface area (Å²) in [6, 6.07) is 7.74. The van der Waals surface area contributed by atoms with Crippen LogP contribution in [0.25, 0.3) is 5.69 Å². The highest BCUT2D eigenvalue weighted by Gasteiger charge is 2.23. The van der Waals surface area contributed by atoms with E-state index in [0.29, 0.717) is 18.6 Å². The predicted molar refractivity (Wildman–Crippen MR) is 89.6 cm³/mol. The second kappa shape index (κ2) is 6.66. The summed E-state index contributed by atoms with van der Waals surface area (Å²) in [6.07, 6.45) is 6.03. The van der Waals surface area contributed by atoms with Crippen molar-refractivity contribution in [2.24, 2.45) is 5.10 Å². The molecule has 1 aliphatic rings. The maximum atomic E-state index is 12.3. The van der Waals surface area contributed by atoms with E-state index in [1.54, 1.807) is 19.6 Å². The lowest BCUT2D eigenvalue weighted by atomic mass is 10.1. The molecule has 7 nitrogen and oxygen atoms in total. The van der Waals surface area contributed by atoms with Gasteiger partial charge in [-0.3, -0.25) is 9.59 Å². The van der Waals surface area contributed by atoms with Crippen molar-refractivity contribution >= 4 is 17.5 Å². The third-order valence-electron chi connectivity index (χ3n) is 4.01. The van der Waals surface area contributed by atoms with E-state index in [1.807, 2.05) is 42.0 Å². The standard InChI is InChI=1S/C17H19N5O2/c1-12(19-17(24)15-7-8-16(23)21(2)20-15)13-3-5-14(6-4-13)22-10-9-18-11-22/h3-6,9-12H,7-8H2,1-2H3,(H,19,24)/t12-/m0/s1. The first-order chi connectivity index (χ1) is 11.5. The summed E-state index contributed by atoms with van der Waals surface area (Å²) < 4.78 is 1.91. The van der Waals surface area contributed by atoms with Gasteiger partial charge in [-0.15, -0.1) is 0 Å². The van der Waals surface area contributed by atoms with Gasteiger partial charge in [-0.05, 0) is 24.6 Å². The van der Waals surface area contributed by atoms with Crippen molar-refractivity contribution in [3.8, 4) is 5.69 Å². The van der Waals surface area contributed by atoms with Gasteiger partial charge >= 0.3 is 0 Å². The molecular weight excluding hydrogens is 306 g/mol. The molecule has 0 saturated carbocycles. The number of nitrogens with one attached hydrogen (secondary N) is 1. The molecule has 0 spiro atoms. The Balaban J connectivity index is 1.66. The minimum absolute atomic E-state index is 0.0744. The molecule has 0 aliphatic carbocycles. The van der Waals surface area contributed by atoms with Gasteiger partial charge in [-0.2, -0.15) is 5.10 Å². The van der Waals surface area contributed by atoms with Crippen molar-refractivity contribution in [1.29, 1.82) is 0 Å². The lowest BCUT2D eigenvalue weighted by Gasteiger charge is -2.21. The van der Waals surface area contributed by atoms with Crippen LogP contribution in [-0.2, 0) is 9.59 Å². The van der Waals surface area contributed by atoms with Crippen molar-refractivity contribution in [2.45, 2.75) is 25.8 Å². The molecule has 0 unspecified atom stereocenters. The van der Waals surface area contributed by atoms with Gasteiger partial charge in [0.2, 0.25) is 5.91 Å². The van der Waals surface area contributed by atoms with Gasteiger partial charge in [-0.25, -0.2) is 9.99 Å². The quantitative estimate of drug-likeness (QED) is 0.928. The number of hydrogen-bond donors (Lipinski definition) is 1. The van der Waals surface area contributed by atoms with Crippen LogP contribution in [0.3, 0.4) is 0 Å². The summed E-state index contributed by atoms with van der Waals surface area (Å²) in [5.74, 6) is -0.310. The van der Waals surface area contributed by atoms with Crippen LogP contribution in [0.5, 0.6) is 0 Å². The van der Waals surface area contributed by atoms with Crippen LogP contribution in [0, 0.1) is 0 Å². The molecule has 1 aromatic carbocycles. The summed E-state index contributed by atoms with van der Waals surface area (Å²) in [6.45, 7) is 1.92. The average Bonchev–Trinajstić information content (AvgIpc) is 3.12. The first-order valence-corrected chi connectivity index (χ1v) is 7.78. The summed E-state index contributed by atoms with van der Waals surface area (Å²) in [4.78, 5) is 27.7. The number of aromatic nitrogens is 2. The first-order valence-electron chi connectivity index (χ1n) is 7.78. The normalized spacial score (nSPS) is 15.8. The van der Waals surface area contributed by atoms with Gasteiger partial charge in [0.05, 0.1) is 12.4 Å². The monoisotopic (exact) mass is 325 g/mol. The van der Waals surface area contributed by atoms with Crippen molar-refractivity contribution in [3.05, 3.63) is 48.5 Å². The SMILES string of the molecule is C[C@H](NC(=O)C1=NN(C)C(=O)CC1)c1ccc(-n2ccnc2)cc1. The number of amides is 2. The Morgan fingerprint density at radius 1 is 1.25 bits per heavy atom. The molecule has 1 aliphatic heterocycles. The van der Waals surface area contributed by atoms with E-state index in [2.05, 4.69) is 15.4 Å². The van der Waals surface area contributed by atoms with E-state index in [9.17, 15) is 9.59 Å². The molecular formula is C17H19N5O2. The second-order valence-corrected chi connectivity index (χ2v) is 5.72. The molecule has 7 heteroatoms. The lowest BCUT2D eigenvalue weighted by molar-refractivity contribution is -0.130. The first kappa shape index (κ1) is 15.9. The van der Waals surface area contributed by atoms with E-state index < -0.39 is 0 Å². The second-order valence-electron chi connectivity index (χ2n) is 5.72. The summed E-state index contributed by atoms with van der Waals surface area (Å²) >= 11 is 0. The third-order valence-corrected chi connectivity index (χ3v) is 4.01. The molecule has 2 heterocycles. The molecule has 1 atom stereocenters. The van der Waals surface area contributed by atoms with Gasteiger partial charge in [-0.1, -0.05) is 12.1 Å². The van der Waals surface area contributed by atoms with Gasteiger partial charge < -0.3 is 9.88 Å². The largest absolute Gasteiger partial charge is 0.344 e. The Hall–Kier alpha value is -2.96. The van der Waals surface area contributed by atoms with E-state index in [0.717, 1.165) is 11.3 Å². The number of nitrogens with zero attached hydrogens (tertiary/aromatic N) is 4. The van der Waals surface area contributed by atoms with E-state index in [-0.39, 0.29) is 17.9 Å². The van der Waals surface area contributed by atoms with E-state index in [4.69, 9.17) is 0 Å². The lowest BCUT2D eigenvalue weighted by Crippen LogP contribution is -2.38. The fraction of sp³-hybridized carbons (Fsp3) is 0.294. The molecule has 2 amide bonds. The Bertz CT molecular complexity index is 765. The Kier molecular flexibility index (Phi) is 4.41. The topological polar surface area (TPSA) is 79.6 Å². The molecule has 3 rings (SSSR count). The van der Waals surface area contributed by atoms with Crippen LogP contribution >= 0.6 is 0 Å². The highest BCUT2D eigenvalue weighted by molar-refractivity contribution is 6.39. The minimum Gasteiger partial charge on any atom is -0.344 e. The van der Waals surface area contributed by atoms with Gasteiger partial charge in [0.1, 0.15) is 5.71 Å². The zero-order valence-corrected chi connectivity index (χ0v) is 13.6. The Morgan fingerprint density at radius 2 is 2.00 bits per heavy atom. The van der Waals surface area contributed by atoms with Crippen LogP contribution in [-0.4, -0.2) is 39.1 Å². The van der Waals surface area contributed by atoms with E-state index in [1.165, 1.54) is 5.01 Å². The van der Waals surface area contributed by atoms with Crippen LogP contribution in [0.15, 0.2) is 48.1 Å². The van der Waals surface area contributed by atoms with Crippen LogP contribution < -0.4 is 5.32 Å². The highest BCUT2D eigenvalue weighted by Crippen LogP contribution is 2.16. The van der Waals surface area contributed by atoms with Gasteiger partial charge in [0.25, 0.3) is 5.91 Å². The summed E-state index contributed by atoms with van der Waals surface area (Å²) in [5.41, 5.74) is 2.39. The maximum Gasteiger partial charge on any atom is 0.267 e. The van der Waals surface area contributed by atoms with E-state index >= 15 is 0 Å². The molecule has 1 aromatic heterocycles. The van der Waals surface area contributed by atoms with Crippen LogP contribution in [0.1, 0.15) is 31.4 Å². The Labute approximate surface area is 140 Å². The van der Waals surface area contributed by atoms with Crippen molar-refractivity contribution in [2.75, 3.05) is 7.05 Å². The Morgan fingerprint density at radius 3 is 2.62 bits per heavy atom. The zero-order chi connectivity index (χ0) is 17.1. The number of benzene rings is 1. The molecule has 2 aromatic rings.